The van der Waals surface area contributed by atoms with E-state index in [1.54, 1.807) is 24.3 Å². The van der Waals surface area contributed by atoms with Gasteiger partial charge in [-0.15, -0.1) is 0 Å². The molecule has 0 saturated heterocycles. The van der Waals surface area contributed by atoms with Gasteiger partial charge in [0.05, 0.1) is 22.4 Å². The van der Waals surface area contributed by atoms with Crippen molar-refractivity contribution in [2.24, 2.45) is 46.3 Å². The fourth-order valence-electron chi connectivity index (χ4n) is 9.60. The quantitative estimate of drug-likeness (QED) is 0.393. The van der Waals surface area contributed by atoms with E-state index in [1.807, 2.05) is 0 Å². The second-order valence-corrected chi connectivity index (χ2v) is 13.5. The van der Waals surface area contributed by atoms with E-state index in [0.29, 0.717) is 30.7 Å². The zero-order valence-electron chi connectivity index (χ0n) is 26.2. The monoisotopic (exact) mass is 527 g/mol. The Morgan fingerprint density at radius 1 is 1.16 bits per heavy atom. The average molecular weight is 528 g/mol. The Bertz CT molecular complexity index is 1140. The van der Waals surface area contributed by atoms with Gasteiger partial charge in [0.2, 0.25) is 0 Å². The molecular formula is C33H48O5. The molecule has 5 heteroatoms. The Morgan fingerprint density at radius 3 is 2.66 bits per heavy atom. The van der Waals surface area contributed by atoms with Gasteiger partial charge in [-0.1, -0.05) is 57.6 Å². The third-order valence-electron chi connectivity index (χ3n) is 11.8. The van der Waals surface area contributed by atoms with Gasteiger partial charge in [0.1, 0.15) is 6.61 Å². The first-order valence-electron chi connectivity index (χ1n) is 16.3. The maximum absolute atomic E-state index is 12.6. The summed E-state index contributed by atoms with van der Waals surface area (Å²) in [6.07, 6.45) is 5.91. The number of aliphatic hydroxyl groups is 3. The second-order valence-electron chi connectivity index (χ2n) is 13.5. The van der Waals surface area contributed by atoms with Crippen molar-refractivity contribution in [2.45, 2.75) is 103 Å². The van der Waals surface area contributed by atoms with Crippen LogP contribution < -0.4 is 0 Å². The van der Waals surface area contributed by atoms with E-state index in [4.69, 9.17) is 8.85 Å². The number of hydrogen-bond donors (Lipinski definition) is 3. The van der Waals surface area contributed by atoms with E-state index in [1.165, 1.54) is 0 Å². The van der Waals surface area contributed by atoms with E-state index in [2.05, 4.69) is 20.8 Å². The fourth-order valence-corrected chi connectivity index (χ4v) is 9.60. The van der Waals surface area contributed by atoms with Crippen LogP contribution in [0.2, 0.25) is 0 Å². The van der Waals surface area contributed by atoms with Crippen LogP contribution in [-0.4, -0.2) is 39.6 Å². The number of benzene rings is 1. The Kier molecular flexibility index (Phi) is 6.80. The molecule has 4 saturated carbocycles. The molecule has 0 radical (unpaired) electrons. The highest BCUT2D eigenvalue weighted by Crippen LogP contribution is 2.68. The van der Waals surface area contributed by atoms with Crippen LogP contribution in [-0.2, 0) is 16.1 Å². The van der Waals surface area contributed by atoms with Crippen LogP contribution >= 0.6 is 0 Å². The molecule has 1 aromatic rings. The first-order chi connectivity index (χ1) is 19.4. The maximum Gasteiger partial charge on any atom is 0.306 e. The Morgan fingerprint density at radius 2 is 1.92 bits per heavy atom. The Labute approximate surface area is 232 Å². The minimum Gasteiger partial charge on any atom is -0.461 e. The molecule has 3 N–H and O–H groups in total. The van der Waals surface area contributed by atoms with Crippen LogP contribution in [0.4, 0.5) is 0 Å². The minimum absolute atomic E-state index is 0.0611. The molecule has 38 heavy (non-hydrogen) atoms. The van der Waals surface area contributed by atoms with Gasteiger partial charge in [-0.3, -0.25) is 4.79 Å². The lowest BCUT2D eigenvalue weighted by molar-refractivity contribution is -0.207. The van der Waals surface area contributed by atoms with E-state index in [9.17, 15) is 20.1 Å². The first-order valence-corrected chi connectivity index (χ1v) is 14.8. The van der Waals surface area contributed by atoms with E-state index >= 15 is 0 Å². The fraction of sp³-hybridized carbons (Fsp3) is 0.727. The number of carbonyl (C=O) groups excluding carboxylic acids is 1. The molecule has 4 aliphatic rings. The largest absolute Gasteiger partial charge is 0.461 e. The summed E-state index contributed by atoms with van der Waals surface area (Å²) in [5, 5.41) is 33.5. The summed E-state index contributed by atoms with van der Waals surface area (Å²) in [7, 11) is 0. The van der Waals surface area contributed by atoms with Gasteiger partial charge in [-0.2, -0.15) is 0 Å². The van der Waals surface area contributed by atoms with Crippen molar-refractivity contribution in [1.29, 1.82) is 0 Å². The van der Waals surface area contributed by atoms with Gasteiger partial charge < -0.3 is 20.1 Å². The van der Waals surface area contributed by atoms with Crippen molar-refractivity contribution in [1.82, 2.24) is 0 Å². The molecule has 0 aliphatic heterocycles. The molecule has 5 nitrogen and oxygen atoms in total. The molecule has 5 rings (SSSR count). The molecule has 0 bridgehead atoms. The SMILES string of the molecule is [2H]C([2H])=C([2H])c1ccc(COC(=O)CC[C@@H](C)[C@H]2CC[C@H]3[C@@H]4[C@H](O)C[C@@H]5C[C@H](O)CC[C@]5(C)[C@H]4C[C@H](O)[C@]23C)cc1. The number of esters is 1. The zero-order chi connectivity index (χ0) is 29.7. The van der Waals surface area contributed by atoms with Gasteiger partial charge in [0.25, 0.3) is 0 Å². The zero-order valence-corrected chi connectivity index (χ0v) is 23.2. The molecule has 0 amide bonds. The minimum atomic E-state index is -0.538. The van der Waals surface area contributed by atoms with Crippen molar-refractivity contribution >= 4 is 12.0 Å². The summed E-state index contributed by atoms with van der Waals surface area (Å²) in [5.41, 5.74) is 1.06. The van der Waals surface area contributed by atoms with Crippen molar-refractivity contribution in [2.75, 3.05) is 0 Å². The summed E-state index contributed by atoms with van der Waals surface area (Å²) >= 11 is 0. The Balaban J connectivity index is 1.19. The molecule has 0 unspecified atom stereocenters. The van der Waals surface area contributed by atoms with Crippen molar-refractivity contribution in [3.8, 4) is 0 Å². The average Bonchev–Trinajstić information content (AvgIpc) is 3.30. The number of carbonyl (C=O) groups is 1. The van der Waals surface area contributed by atoms with Gasteiger partial charge in [0.15, 0.2) is 0 Å². The number of aliphatic hydroxyl groups excluding tert-OH is 3. The van der Waals surface area contributed by atoms with Crippen LogP contribution in [0.1, 0.15) is 93.8 Å². The summed E-state index contributed by atoms with van der Waals surface area (Å²) < 4.78 is 27.8. The molecule has 210 valence electrons. The van der Waals surface area contributed by atoms with Crippen LogP contribution in [0.5, 0.6) is 0 Å². The number of rotatable bonds is 7. The highest BCUT2D eigenvalue weighted by molar-refractivity contribution is 5.69. The number of fused-ring (bicyclic) bond motifs is 5. The highest BCUT2D eigenvalue weighted by Gasteiger charge is 2.65. The first kappa shape index (κ1) is 24.1. The third kappa shape index (κ3) is 4.77. The highest BCUT2D eigenvalue weighted by atomic mass is 16.5. The Hall–Kier alpha value is -1.69. The van der Waals surface area contributed by atoms with Crippen molar-refractivity contribution in [3.63, 3.8) is 0 Å². The molecule has 1 aromatic carbocycles. The topological polar surface area (TPSA) is 87.0 Å². The van der Waals surface area contributed by atoms with Crippen LogP contribution in [0.15, 0.2) is 30.8 Å². The lowest BCUT2D eigenvalue weighted by Crippen LogP contribution is -2.62. The standard InChI is InChI=1S/C33H48O5/c1-5-21-7-9-22(10-8-21)19-38-30(37)13-6-20(2)25-11-12-26-31-27(18-29(36)33(25,26)4)32(3)15-14-24(34)16-23(32)17-28(31)35/h5,7-10,20,23-29,31,34-36H,1,6,11-19H2,2-4H3/t20-,23+,24-,25-,26+,27+,28-,29+,31+,32+,33-/m1/s1/i1D2,5D. The lowest BCUT2D eigenvalue weighted by Gasteiger charge is -2.63. The molecule has 4 aliphatic carbocycles. The summed E-state index contributed by atoms with van der Waals surface area (Å²) in [4.78, 5) is 12.6. The van der Waals surface area contributed by atoms with E-state index < -0.39 is 12.6 Å². The third-order valence-corrected chi connectivity index (χ3v) is 11.8. The van der Waals surface area contributed by atoms with Crippen molar-refractivity contribution < 1.29 is 29.0 Å². The number of hydrogen-bond acceptors (Lipinski definition) is 5. The van der Waals surface area contributed by atoms with Gasteiger partial charge in [-0.25, -0.2) is 0 Å². The molecule has 4 fully saturated rings. The molecule has 0 aromatic heterocycles. The van der Waals surface area contributed by atoms with E-state index in [-0.39, 0.29) is 71.3 Å². The summed E-state index contributed by atoms with van der Waals surface area (Å²) in [5.74, 6) is 1.29. The normalized spacial score (nSPS) is 43.9. The summed E-state index contributed by atoms with van der Waals surface area (Å²) in [6, 6.07) is 6.68. The predicted octanol–water partition coefficient (Wildman–Crippen LogP) is 5.75. The van der Waals surface area contributed by atoms with Crippen LogP contribution in [0.3, 0.4) is 0 Å². The lowest BCUT2D eigenvalue weighted by atomic mass is 9.43. The van der Waals surface area contributed by atoms with E-state index in [0.717, 1.165) is 44.1 Å². The molecular weight excluding hydrogens is 476 g/mol. The van der Waals surface area contributed by atoms with Crippen molar-refractivity contribution in [3.05, 3.63) is 41.9 Å². The predicted molar refractivity (Wildman–Crippen MR) is 149 cm³/mol. The second kappa shape index (κ2) is 10.7. The number of ether oxygens (including phenoxy) is 1. The smallest absolute Gasteiger partial charge is 0.306 e. The van der Waals surface area contributed by atoms with Crippen LogP contribution in [0, 0.1) is 46.3 Å². The van der Waals surface area contributed by atoms with Gasteiger partial charge >= 0.3 is 5.97 Å². The molecule has 11 atom stereocenters. The maximum atomic E-state index is 12.6. The molecule has 0 heterocycles. The van der Waals surface area contributed by atoms with Crippen LogP contribution in [0.25, 0.3) is 6.05 Å². The molecule has 0 spiro atoms. The van der Waals surface area contributed by atoms with Gasteiger partial charge in [-0.05, 0) is 109 Å². The summed E-state index contributed by atoms with van der Waals surface area (Å²) in [6.45, 7) is 6.39. The van der Waals surface area contributed by atoms with Gasteiger partial charge in [0, 0.05) is 6.42 Å².